The van der Waals surface area contributed by atoms with Gasteiger partial charge in [-0.25, -0.2) is 4.79 Å². The third-order valence-corrected chi connectivity index (χ3v) is 5.80. The molecule has 3 heterocycles. The van der Waals surface area contributed by atoms with E-state index >= 15 is 0 Å². The van der Waals surface area contributed by atoms with E-state index in [2.05, 4.69) is 5.32 Å². The lowest BCUT2D eigenvalue weighted by Gasteiger charge is -2.27. The topological polar surface area (TPSA) is 119 Å². The minimum Gasteiger partial charge on any atom is -0.508 e. The van der Waals surface area contributed by atoms with Crippen molar-refractivity contribution < 1.29 is 38.7 Å². The number of carbonyl (C=O) groups is 1. The number of phenols is 2. The van der Waals surface area contributed by atoms with Crippen LogP contribution in [-0.2, 0) is 4.74 Å². The maximum absolute atomic E-state index is 12.5. The molecule has 0 aliphatic carbocycles. The van der Waals surface area contributed by atoms with Crippen molar-refractivity contribution in [3.63, 3.8) is 0 Å². The Bertz CT molecular complexity index is 958. The van der Waals surface area contributed by atoms with Gasteiger partial charge in [0.2, 0.25) is 13.6 Å². The van der Waals surface area contributed by atoms with Crippen LogP contribution in [-0.4, -0.2) is 67.6 Å². The van der Waals surface area contributed by atoms with Gasteiger partial charge in [0.15, 0.2) is 23.0 Å². The molecule has 10 heteroatoms. The number of morpholine rings is 1. The lowest BCUT2D eigenvalue weighted by atomic mass is 9.86. The zero-order valence-corrected chi connectivity index (χ0v) is 17.3. The number of rotatable bonds is 5. The highest BCUT2D eigenvalue weighted by molar-refractivity contribution is 5.74. The minimum absolute atomic E-state index is 0.0100. The van der Waals surface area contributed by atoms with Crippen LogP contribution in [0, 0.1) is 0 Å². The number of benzene rings is 2. The summed E-state index contributed by atoms with van der Waals surface area (Å²) in [6, 6.07) is 6.24. The molecule has 2 aromatic carbocycles. The maximum Gasteiger partial charge on any atom is 0.317 e. The van der Waals surface area contributed by atoms with E-state index in [9.17, 15) is 15.0 Å². The second kappa shape index (κ2) is 8.54. The second-order valence-corrected chi connectivity index (χ2v) is 7.70. The van der Waals surface area contributed by atoms with Gasteiger partial charge in [-0.05, 0) is 18.6 Å². The molecule has 2 aromatic rings. The molecule has 0 spiro atoms. The van der Waals surface area contributed by atoms with Crippen LogP contribution in [0.5, 0.6) is 34.5 Å². The number of aromatic hydroxyl groups is 2. The summed E-state index contributed by atoms with van der Waals surface area (Å²) in [6.45, 7) is 2.60. The highest BCUT2D eigenvalue weighted by Gasteiger charge is 2.28. The number of hydrogen-bond acceptors (Lipinski definition) is 8. The van der Waals surface area contributed by atoms with E-state index in [1.54, 1.807) is 17.0 Å². The standard InChI is InChI=1S/C22H24N2O8/c25-16-9-20-18(29-11-31-20)7-14(16)13(1-2-23-22(27)24-3-5-28-6-4-24)15-8-19-21(10-17(15)26)32-12-30-19/h7-10,13,25-26H,1-6,11-12H2,(H,23,27). The van der Waals surface area contributed by atoms with Crippen molar-refractivity contribution in [1.82, 2.24) is 10.2 Å². The van der Waals surface area contributed by atoms with Crippen molar-refractivity contribution in [2.75, 3.05) is 46.4 Å². The highest BCUT2D eigenvalue weighted by atomic mass is 16.7. The number of carbonyl (C=O) groups excluding carboxylic acids is 1. The molecule has 3 aliphatic rings. The Balaban J connectivity index is 1.41. The number of nitrogens with zero attached hydrogens (tertiary/aromatic N) is 1. The van der Waals surface area contributed by atoms with Crippen molar-refractivity contribution in [3.8, 4) is 34.5 Å². The molecule has 0 bridgehead atoms. The Labute approximate surface area is 184 Å². The van der Waals surface area contributed by atoms with Gasteiger partial charge in [0.1, 0.15) is 11.5 Å². The largest absolute Gasteiger partial charge is 0.508 e. The Hall–Kier alpha value is -3.53. The fourth-order valence-electron chi connectivity index (χ4n) is 4.13. The molecule has 0 saturated carbocycles. The fraction of sp³-hybridized carbons (Fsp3) is 0.409. The summed E-state index contributed by atoms with van der Waals surface area (Å²) in [4.78, 5) is 14.2. The molecular weight excluding hydrogens is 420 g/mol. The van der Waals surface area contributed by atoms with Crippen molar-refractivity contribution in [1.29, 1.82) is 0 Å². The zero-order chi connectivity index (χ0) is 22.1. The number of phenolic OH excluding ortho intramolecular Hbond substituents is 2. The first-order valence-electron chi connectivity index (χ1n) is 10.5. The number of nitrogens with one attached hydrogen (secondary N) is 1. The summed E-state index contributed by atoms with van der Waals surface area (Å²) in [5.74, 6) is 1.51. The van der Waals surface area contributed by atoms with Crippen molar-refractivity contribution in [3.05, 3.63) is 35.4 Å². The van der Waals surface area contributed by atoms with Crippen molar-refractivity contribution in [2.45, 2.75) is 12.3 Å². The summed E-state index contributed by atoms with van der Waals surface area (Å²) in [6.07, 6.45) is 0.413. The van der Waals surface area contributed by atoms with Gasteiger partial charge < -0.3 is 44.1 Å². The first-order valence-corrected chi connectivity index (χ1v) is 10.5. The van der Waals surface area contributed by atoms with Gasteiger partial charge in [-0.15, -0.1) is 0 Å². The van der Waals surface area contributed by atoms with Crippen LogP contribution in [0.2, 0.25) is 0 Å². The van der Waals surface area contributed by atoms with E-state index in [0.717, 1.165) is 0 Å². The van der Waals surface area contributed by atoms with Crippen LogP contribution in [0.3, 0.4) is 0 Å². The van der Waals surface area contributed by atoms with E-state index in [1.165, 1.54) is 12.1 Å². The van der Waals surface area contributed by atoms with Gasteiger partial charge in [-0.2, -0.15) is 0 Å². The first-order chi connectivity index (χ1) is 15.6. The Morgan fingerprint density at radius 1 is 0.875 bits per heavy atom. The molecule has 0 aromatic heterocycles. The average Bonchev–Trinajstić information content (AvgIpc) is 3.45. The van der Waals surface area contributed by atoms with Crippen LogP contribution >= 0.6 is 0 Å². The van der Waals surface area contributed by atoms with Crippen molar-refractivity contribution >= 4 is 6.03 Å². The minimum atomic E-state index is -0.455. The highest BCUT2D eigenvalue weighted by Crippen LogP contribution is 2.47. The van der Waals surface area contributed by atoms with Gasteiger partial charge >= 0.3 is 6.03 Å². The fourth-order valence-corrected chi connectivity index (χ4v) is 4.13. The first kappa shape index (κ1) is 20.4. The van der Waals surface area contributed by atoms with Gasteiger partial charge in [0.05, 0.1) is 13.2 Å². The third kappa shape index (κ3) is 3.89. The Morgan fingerprint density at radius 2 is 1.38 bits per heavy atom. The molecule has 3 N–H and O–H groups in total. The summed E-state index contributed by atoms with van der Waals surface area (Å²) in [5.41, 5.74) is 1.09. The molecule has 1 fully saturated rings. The second-order valence-electron chi connectivity index (χ2n) is 7.70. The lowest BCUT2D eigenvalue weighted by molar-refractivity contribution is 0.0532. The molecule has 10 nitrogen and oxygen atoms in total. The van der Waals surface area contributed by atoms with Crippen LogP contribution in [0.15, 0.2) is 24.3 Å². The molecule has 0 atom stereocenters. The molecule has 1 saturated heterocycles. The van der Waals surface area contributed by atoms with Crippen LogP contribution in [0.4, 0.5) is 4.79 Å². The number of fused-ring (bicyclic) bond motifs is 2. The quantitative estimate of drug-likeness (QED) is 0.642. The van der Waals surface area contributed by atoms with E-state index in [1.807, 2.05) is 0 Å². The van der Waals surface area contributed by atoms with Gasteiger partial charge in [0, 0.05) is 48.8 Å². The predicted octanol–water partition coefficient (Wildman–Crippen LogP) is 2.12. The maximum atomic E-state index is 12.5. The Morgan fingerprint density at radius 3 is 1.91 bits per heavy atom. The predicted molar refractivity (Wildman–Crippen MR) is 111 cm³/mol. The molecular formula is C22H24N2O8. The number of ether oxygens (including phenoxy) is 5. The van der Waals surface area contributed by atoms with E-state index in [0.29, 0.717) is 73.4 Å². The molecule has 2 amide bonds. The molecule has 3 aliphatic heterocycles. The van der Waals surface area contributed by atoms with Gasteiger partial charge in [-0.1, -0.05) is 0 Å². The molecule has 0 unspecified atom stereocenters. The van der Waals surface area contributed by atoms with Gasteiger partial charge in [-0.3, -0.25) is 0 Å². The lowest BCUT2D eigenvalue weighted by Crippen LogP contribution is -2.46. The SMILES string of the molecule is O=C(NCCC(c1cc2c(cc1O)OCO2)c1cc2c(cc1O)OCO2)N1CCOCC1. The Kier molecular flexibility index (Phi) is 5.44. The van der Waals surface area contributed by atoms with Crippen LogP contribution in [0.1, 0.15) is 23.5 Å². The summed E-state index contributed by atoms with van der Waals surface area (Å²) in [5, 5.41) is 24.4. The number of urea groups is 1. The van der Waals surface area contributed by atoms with Crippen LogP contribution in [0.25, 0.3) is 0 Å². The summed E-state index contributed by atoms with van der Waals surface area (Å²) >= 11 is 0. The molecule has 170 valence electrons. The summed E-state index contributed by atoms with van der Waals surface area (Å²) in [7, 11) is 0. The average molecular weight is 444 g/mol. The summed E-state index contributed by atoms with van der Waals surface area (Å²) < 4.78 is 26.9. The zero-order valence-electron chi connectivity index (χ0n) is 17.3. The van der Waals surface area contributed by atoms with Crippen LogP contribution < -0.4 is 24.3 Å². The molecule has 5 rings (SSSR count). The monoisotopic (exact) mass is 444 g/mol. The molecule has 32 heavy (non-hydrogen) atoms. The number of amides is 2. The normalized spacial score (nSPS) is 16.5. The molecule has 0 radical (unpaired) electrons. The number of hydrogen-bond donors (Lipinski definition) is 3. The van der Waals surface area contributed by atoms with Crippen molar-refractivity contribution in [2.24, 2.45) is 0 Å². The van der Waals surface area contributed by atoms with E-state index in [4.69, 9.17) is 23.7 Å². The van der Waals surface area contributed by atoms with E-state index in [-0.39, 0.29) is 31.1 Å². The smallest absolute Gasteiger partial charge is 0.317 e. The van der Waals surface area contributed by atoms with E-state index < -0.39 is 5.92 Å². The third-order valence-electron chi connectivity index (χ3n) is 5.80. The van der Waals surface area contributed by atoms with Gasteiger partial charge in [0.25, 0.3) is 0 Å².